The maximum Gasteiger partial charge on any atom is 0.303 e. The predicted octanol–water partition coefficient (Wildman–Crippen LogP) is 0.0755. The second kappa shape index (κ2) is 10.9. The first-order valence-electron chi connectivity index (χ1n) is 4.62. The fourth-order valence-electron chi connectivity index (χ4n) is 0.552. The van der Waals surface area contributed by atoms with Gasteiger partial charge < -0.3 is 20.4 Å². The van der Waals surface area contributed by atoms with Crippen LogP contribution in [0, 0.1) is 0 Å². The molecule has 0 aromatic heterocycles. The average molecular weight is 222 g/mol. The van der Waals surface area contributed by atoms with Gasteiger partial charge in [-0.05, 0) is 19.8 Å². The van der Waals surface area contributed by atoms with Crippen LogP contribution in [0.4, 0.5) is 0 Å². The molecule has 0 radical (unpaired) electrons. The summed E-state index contributed by atoms with van der Waals surface area (Å²) in [5, 5.41) is 32.3. The van der Waals surface area contributed by atoms with E-state index in [0.717, 1.165) is 0 Å². The first-order chi connectivity index (χ1) is 6.90. The van der Waals surface area contributed by atoms with E-state index in [1.165, 1.54) is 6.92 Å². The minimum absolute atomic E-state index is 0.0628. The number of carboxylic acids is 2. The van der Waals surface area contributed by atoms with Crippen LogP contribution in [0.3, 0.4) is 0 Å². The Balaban J connectivity index is 0. The molecule has 0 fully saturated rings. The predicted molar refractivity (Wildman–Crippen MR) is 52.5 cm³/mol. The zero-order chi connectivity index (χ0) is 12.3. The molecule has 0 unspecified atom stereocenters. The zero-order valence-electron chi connectivity index (χ0n) is 8.72. The van der Waals surface area contributed by atoms with E-state index in [1.807, 2.05) is 0 Å². The van der Waals surface area contributed by atoms with E-state index in [9.17, 15) is 9.59 Å². The lowest BCUT2D eigenvalue weighted by molar-refractivity contribution is -0.139. The molecule has 90 valence electrons. The van der Waals surface area contributed by atoms with E-state index in [-0.39, 0.29) is 19.4 Å². The van der Waals surface area contributed by atoms with Crippen LogP contribution in [0.1, 0.15) is 32.6 Å². The van der Waals surface area contributed by atoms with Gasteiger partial charge in [-0.1, -0.05) is 0 Å². The highest BCUT2D eigenvalue weighted by molar-refractivity contribution is 5.67. The van der Waals surface area contributed by atoms with Crippen molar-refractivity contribution in [2.75, 3.05) is 6.61 Å². The van der Waals surface area contributed by atoms with E-state index < -0.39 is 18.0 Å². The summed E-state index contributed by atoms with van der Waals surface area (Å²) in [4.78, 5) is 19.8. The molecule has 0 aliphatic rings. The second-order valence-electron chi connectivity index (χ2n) is 3.03. The maximum atomic E-state index is 9.90. The van der Waals surface area contributed by atoms with Crippen molar-refractivity contribution in [2.45, 2.75) is 38.7 Å². The summed E-state index contributed by atoms with van der Waals surface area (Å²) < 4.78 is 0. The summed E-state index contributed by atoms with van der Waals surface area (Å²) in [6.07, 6.45) is 0.457. The van der Waals surface area contributed by atoms with E-state index in [1.54, 1.807) is 0 Å². The Labute approximate surface area is 88.2 Å². The normalized spacial score (nSPS) is 11.1. The molecule has 0 rings (SSSR count). The Kier molecular flexibility index (Phi) is 11.9. The molecule has 0 spiro atoms. The van der Waals surface area contributed by atoms with Gasteiger partial charge in [-0.15, -0.1) is 0 Å². The first kappa shape index (κ1) is 16.3. The maximum absolute atomic E-state index is 9.90. The largest absolute Gasteiger partial charge is 0.481 e. The minimum Gasteiger partial charge on any atom is -0.481 e. The molecule has 1 atom stereocenters. The van der Waals surface area contributed by atoms with Crippen molar-refractivity contribution in [3.8, 4) is 0 Å². The van der Waals surface area contributed by atoms with Gasteiger partial charge in [-0.3, -0.25) is 9.59 Å². The summed E-state index contributed by atoms with van der Waals surface area (Å²) in [6.45, 7) is 1.39. The Morgan fingerprint density at radius 2 is 1.33 bits per heavy atom. The lowest BCUT2D eigenvalue weighted by atomic mass is 10.2. The summed E-state index contributed by atoms with van der Waals surface area (Å²) in [5.74, 6) is -1.74. The summed E-state index contributed by atoms with van der Waals surface area (Å²) in [5.41, 5.74) is 0. The third kappa shape index (κ3) is 24.6. The van der Waals surface area contributed by atoms with E-state index in [0.29, 0.717) is 12.8 Å². The minimum atomic E-state index is -0.870. The fourth-order valence-corrected chi connectivity index (χ4v) is 0.552. The monoisotopic (exact) mass is 222 g/mol. The highest BCUT2D eigenvalue weighted by atomic mass is 16.4. The van der Waals surface area contributed by atoms with Crippen LogP contribution in [-0.2, 0) is 9.59 Å². The molecule has 0 saturated heterocycles. The molecule has 0 aromatic carbocycles. The van der Waals surface area contributed by atoms with Crippen LogP contribution in [0.15, 0.2) is 0 Å². The SMILES string of the molecule is C[C@@H](O)CO.O=C(O)CCCCC(=O)O. The number of aliphatic hydroxyl groups is 2. The molecule has 0 amide bonds. The second-order valence-corrected chi connectivity index (χ2v) is 3.03. The van der Waals surface area contributed by atoms with Crippen LogP contribution in [0.5, 0.6) is 0 Å². The van der Waals surface area contributed by atoms with Crippen molar-refractivity contribution >= 4 is 11.9 Å². The molecule has 0 aromatic rings. The number of carbonyl (C=O) groups is 2. The van der Waals surface area contributed by atoms with Crippen molar-refractivity contribution < 1.29 is 30.0 Å². The molecule has 0 aliphatic carbocycles. The molecule has 0 bridgehead atoms. The van der Waals surface area contributed by atoms with Crippen molar-refractivity contribution in [1.82, 2.24) is 0 Å². The highest BCUT2D eigenvalue weighted by Gasteiger charge is 1.99. The van der Waals surface area contributed by atoms with E-state index in [2.05, 4.69) is 0 Å². The van der Waals surface area contributed by atoms with Gasteiger partial charge in [0.2, 0.25) is 0 Å². The number of hydrogen-bond donors (Lipinski definition) is 4. The van der Waals surface area contributed by atoms with Gasteiger partial charge in [0.1, 0.15) is 0 Å². The first-order valence-corrected chi connectivity index (χ1v) is 4.62. The molecule has 6 heteroatoms. The molecular weight excluding hydrogens is 204 g/mol. The highest BCUT2D eigenvalue weighted by Crippen LogP contribution is 1.98. The van der Waals surface area contributed by atoms with Crippen molar-refractivity contribution in [3.05, 3.63) is 0 Å². The van der Waals surface area contributed by atoms with Gasteiger partial charge in [0.15, 0.2) is 0 Å². The lowest BCUT2D eigenvalue weighted by Crippen LogP contribution is -2.03. The van der Waals surface area contributed by atoms with Crippen LogP contribution >= 0.6 is 0 Å². The van der Waals surface area contributed by atoms with Crippen molar-refractivity contribution in [3.63, 3.8) is 0 Å². The van der Waals surface area contributed by atoms with Crippen LogP contribution < -0.4 is 0 Å². The van der Waals surface area contributed by atoms with Crippen molar-refractivity contribution in [2.24, 2.45) is 0 Å². The molecule has 0 aliphatic heterocycles. The van der Waals surface area contributed by atoms with Crippen LogP contribution in [0.25, 0.3) is 0 Å². The zero-order valence-corrected chi connectivity index (χ0v) is 8.72. The number of rotatable bonds is 6. The Morgan fingerprint density at radius 1 is 1.07 bits per heavy atom. The molecule has 0 heterocycles. The molecule has 15 heavy (non-hydrogen) atoms. The van der Waals surface area contributed by atoms with Crippen LogP contribution in [0.2, 0.25) is 0 Å². The summed E-state index contributed by atoms with van der Waals surface area (Å²) in [7, 11) is 0. The van der Waals surface area contributed by atoms with E-state index in [4.69, 9.17) is 20.4 Å². The van der Waals surface area contributed by atoms with E-state index >= 15 is 0 Å². The summed E-state index contributed by atoms with van der Waals surface area (Å²) >= 11 is 0. The molecule has 6 nitrogen and oxygen atoms in total. The number of hydrogen-bond acceptors (Lipinski definition) is 4. The molecular formula is C9H18O6. The number of carboxylic acid groups (broad SMARTS) is 2. The van der Waals surface area contributed by atoms with Gasteiger partial charge in [0.25, 0.3) is 0 Å². The fraction of sp³-hybridized carbons (Fsp3) is 0.778. The van der Waals surface area contributed by atoms with Crippen molar-refractivity contribution in [1.29, 1.82) is 0 Å². The average Bonchev–Trinajstić information content (AvgIpc) is 2.13. The summed E-state index contributed by atoms with van der Waals surface area (Å²) in [6, 6.07) is 0. The Bertz CT molecular complexity index is 161. The number of aliphatic hydroxyl groups excluding tert-OH is 2. The molecule has 4 N–H and O–H groups in total. The third-order valence-corrected chi connectivity index (χ3v) is 1.30. The number of unbranched alkanes of at least 4 members (excludes halogenated alkanes) is 1. The van der Waals surface area contributed by atoms with Gasteiger partial charge >= 0.3 is 11.9 Å². The van der Waals surface area contributed by atoms with Gasteiger partial charge in [0, 0.05) is 12.8 Å². The number of aliphatic carboxylic acids is 2. The van der Waals surface area contributed by atoms with Crippen LogP contribution in [-0.4, -0.2) is 45.1 Å². The van der Waals surface area contributed by atoms with Gasteiger partial charge in [-0.25, -0.2) is 0 Å². The standard InChI is InChI=1S/C6H10O4.C3H8O2/c7-5(8)3-1-2-4-6(9)10;1-3(5)2-4/h1-4H2,(H,7,8)(H,9,10);3-5H,2H2,1H3/t;3-/m.1/s1. The quantitative estimate of drug-likeness (QED) is 0.473. The molecule has 0 saturated carbocycles. The smallest absolute Gasteiger partial charge is 0.303 e. The lowest BCUT2D eigenvalue weighted by Gasteiger charge is -1.92. The third-order valence-electron chi connectivity index (χ3n) is 1.30. The topological polar surface area (TPSA) is 115 Å². The van der Waals surface area contributed by atoms with Gasteiger partial charge in [0.05, 0.1) is 12.7 Å². The Hall–Kier alpha value is -1.14. The van der Waals surface area contributed by atoms with Gasteiger partial charge in [-0.2, -0.15) is 0 Å². The Morgan fingerprint density at radius 3 is 1.47 bits per heavy atom.